The lowest BCUT2D eigenvalue weighted by Gasteiger charge is -2.05. The summed E-state index contributed by atoms with van der Waals surface area (Å²) in [6.07, 6.45) is 4.49. The van der Waals surface area contributed by atoms with Gasteiger partial charge >= 0.3 is 0 Å². The summed E-state index contributed by atoms with van der Waals surface area (Å²) in [7, 11) is 0. The van der Waals surface area contributed by atoms with Gasteiger partial charge in [-0.1, -0.05) is 36.4 Å². The molecule has 3 aromatic rings. The Morgan fingerprint density at radius 1 is 1.12 bits per heavy atom. The quantitative estimate of drug-likeness (QED) is 0.628. The predicted molar refractivity (Wildman–Crippen MR) is 108 cm³/mol. The highest BCUT2D eigenvalue weighted by Gasteiger charge is 2.06. The van der Waals surface area contributed by atoms with Crippen molar-refractivity contribution in [2.24, 2.45) is 0 Å². The van der Waals surface area contributed by atoms with Gasteiger partial charge in [-0.15, -0.1) is 11.8 Å². The minimum atomic E-state index is -0.0177. The van der Waals surface area contributed by atoms with Gasteiger partial charge in [-0.2, -0.15) is 5.10 Å². The van der Waals surface area contributed by atoms with Crippen LogP contribution in [0.5, 0.6) is 0 Å². The van der Waals surface area contributed by atoms with Crippen LogP contribution in [0.25, 0.3) is 0 Å². The molecule has 0 aliphatic heterocycles. The molecule has 3 rings (SSSR count). The molecule has 5 heteroatoms. The summed E-state index contributed by atoms with van der Waals surface area (Å²) in [5.41, 5.74) is 4.53. The molecular weight excluding hydrogens is 342 g/mol. The highest BCUT2D eigenvalue weighted by molar-refractivity contribution is 8.00. The summed E-state index contributed by atoms with van der Waals surface area (Å²) in [5.74, 6) is 0.369. The van der Waals surface area contributed by atoms with Crippen LogP contribution >= 0.6 is 11.8 Å². The number of carbonyl (C=O) groups excluding carboxylic acids is 1. The Kier molecular flexibility index (Phi) is 6.12. The lowest BCUT2D eigenvalue weighted by atomic mass is 10.1. The molecule has 1 heterocycles. The first-order valence-electron chi connectivity index (χ1n) is 8.66. The molecule has 0 spiro atoms. The van der Waals surface area contributed by atoms with Gasteiger partial charge in [-0.3, -0.25) is 9.48 Å². The Morgan fingerprint density at radius 3 is 2.69 bits per heavy atom. The number of anilines is 1. The molecular formula is C21H23N3OS. The van der Waals surface area contributed by atoms with Gasteiger partial charge in [-0.05, 0) is 49.1 Å². The second-order valence-electron chi connectivity index (χ2n) is 6.31. The molecule has 0 bridgehead atoms. The molecule has 0 aliphatic carbocycles. The molecule has 0 radical (unpaired) electrons. The van der Waals surface area contributed by atoms with Gasteiger partial charge in [0.15, 0.2) is 0 Å². The van der Waals surface area contributed by atoms with Crippen molar-refractivity contribution in [2.75, 3.05) is 11.1 Å². The van der Waals surface area contributed by atoms with E-state index in [2.05, 4.69) is 54.6 Å². The number of benzene rings is 2. The number of amides is 1. The van der Waals surface area contributed by atoms with Crippen LogP contribution in [0.4, 0.5) is 5.69 Å². The van der Waals surface area contributed by atoms with E-state index in [9.17, 15) is 4.79 Å². The normalized spacial score (nSPS) is 10.7. The zero-order valence-electron chi connectivity index (χ0n) is 15.1. The maximum Gasteiger partial charge on any atom is 0.234 e. The first kappa shape index (κ1) is 18.3. The molecule has 1 amide bonds. The third-order valence-electron chi connectivity index (χ3n) is 4.24. The van der Waals surface area contributed by atoms with E-state index in [1.54, 1.807) is 18.0 Å². The zero-order valence-corrected chi connectivity index (χ0v) is 15.9. The van der Waals surface area contributed by atoms with Gasteiger partial charge in [-0.25, -0.2) is 0 Å². The number of hydrogen-bond acceptors (Lipinski definition) is 3. The van der Waals surface area contributed by atoms with Crippen LogP contribution < -0.4 is 5.32 Å². The van der Waals surface area contributed by atoms with Crippen LogP contribution in [-0.2, 0) is 17.8 Å². The molecule has 0 aliphatic rings. The maximum atomic E-state index is 12.2. The topological polar surface area (TPSA) is 46.9 Å². The highest BCUT2D eigenvalue weighted by atomic mass is 32.2. The number of thioether (sulfide) groups is 1. The third kappa shape index (κ3) is 5.23. The Morgan fingerprint density at radius 2 is 1.92 bits per heavy atom. The summed E-state index contributed by atoms with van der Waals surface area (Å²) in [5, 5.41) is 7.23. The van der Waals surface area contributed by atoms with Crippen LogP contribution in [0, 0.1) is 13.8 Å². The van der Waals surface area contributed by atoms with E-state index in [0.29, 0.717) is 5.75 Å². The van der Waals surface area contributed by atoms with Crippen LogP contribution in [0.3, 0.4) is 0 Å². The van der Waals surface area contributed by atoms with E-state index in [1.165, 1.54) is 16.7 Å². The summed E-state index contributed by atoms with van der Waals surface area (Å²) in [6, 6.07) is 16.6. The van der Waals surface area contributed by atoms with Gasteiger partial charge in [0.2, 0.25) is 5.91 Å². The van der Waals surface area contributed by atoms with Gasteiger partial charge in [0.05, 0.1) is 17.6 Å². The summed E-state index contributed by atoms with van der Waals surface area (Å²) >= 11 is 1.55. The molecule has 0 unspecified atom stereocenters. The van der Waals surface area contributed by atoms with Gasteiger partial charge < -0.3 is 5.32 Å². The fraction of sp³-hybridized carbons (Fsp3) is 0.238. The Labute approximate surface area is 158 Å². The minimum Gasteiger partial charge on any atom is -0.323 e. The van der Waals surface area contributed by atoms with Crippen molar-refractivity contribution in [1.82, 2.24) is 9.78 Å². The van der Waals surface area contributed by atoms with E-state index >= 15 is 0 Å². The van der Waals surface area contributed by atoms with Crippen molar-refractivity contribution in [3.05, 3.63) is 77.6 Å². The second-order valence-corrected chi connectivity index (χ2v) is 7.36. The van der Waals surface area contributed by atoms with E-state index in [0.717, 1.165) is 23.5 Å². The average Bonchev–Trinajstić information content (AvgIpc) is 3.09. The molecule has 1 aromatic heterocycles. The fourth-order valence-electron chi connectivity index (χ4n) is 2.59. The molecule has 0 saturated carbocycles. The second kappa shape index (κ2) is 8.72. The number of nitrogens with zero attached hydrogens (tertiary/aromatic N) is 2. The lowest BCUT2D eigenvalue weighted by Crippen LogP contribution is -2.13. The van der Waals surface area contributed by atoms with Crippen LogP contribution in [0.15, 0.2) is 65.8 Å². The molecule has 0 fully saturated rings. The standard InChI is InChI=1S/C21H23N3OS/c1-16-8-9-20(12-17(16)2)26-15-21(25)23-19-13-22-24(14-19)11-10-18-6-4-3-5-7-18/h3-9,12-14H,10-11,15H2,1-2H3,(H,23,25). The van der Waals surface area contributed by atoms with Gasteiger partial charge in [0.25, 0.3) is 0 Å². The molecule has 2 aromatic carbocycles. The van der Waals surface area contributed by atoms with Gasteiger partial charge in [0, 0.05) is 17.6 Å². The zero-order chi connectivity index (χ0) is 18.4. The smallest absolute Gasteiger partial charge is 0.234 e. The number of nitrogens with one attached hydrogen (secondary N) is 1. The van der Waals surface area contributed by atoms with E-state index in [-0.39, 0.29) is 5.91 Å². The molecule has 26 heavy (non-hydrogen) atoms. The summed E-state index contributed by atoms with van der Waals surface area (Å²) in [6.45, 7) is 4.96. The van der Waals surface area contributed by atoms with E-state index in [1.807, 2.05) is 29.1 Å². The molecule has 0 atom stereocenters. The lowest BCUT2D eigenvalue weighted by molar-refractivity contribution is -0.113. The largest absolute Gasteiger partial charge is 0.323 e. The van der Waals surface area contributed by atoms with Crippen LogP contribution in [-0.4, -0.2) is 21.4 Å². The number of hydrogen-bond donors (Lipinski definition) is 1. The first-order valence-corrected chi connectivity index (χ1v) is 9.65. The van der Waals surface area contributed by atoms with Crippen molar-refractivity contribution < 1.29 is 4.79 Å². The first-order chi connectivity index (χ1) is 12.6. The Balaban J connectivity index is 1.47. The number of rotatable bonds is 7. The monoisotopic (exact) mass is 365 g/mol. The predicted octanol–water partition coefficient (Wildman–Crippen LogP) is 4.47. The Hall–Kier alpha value is -2.53. The van der Waals surface area contributed by atoms with Crippen molar-refractivity contribution in [2.45, 2.75) is 31.7 Å². The number of carbonyl (C=O) groups is 1. The third-order valence-corrected chi connectivity index (χ3v) is 5.23. The molecule has 1 N–H and O–H groups in total. The molecule has 0 saturated heterocycles. The minimum absolute atomic E-state index is 0.0177. The molecule has 4 nitrogen and oxygen atoms in total. The van der Waals surface area contributed by atoms with Crippen molar-refractivity contribution in [3.8, 4) is 0 Å². The van der Waals surface area contributed by atoms with Crippen molar-refractivity contribution in [1.29, 1.82) is 0 Å². The molecule has 134 valence electrons. The number of aryl methyl sites for hydroxylation is 4. The van der Waals surface area contributed by atoms with E-state index in [4.69, 9.17) is 0 Å². The summed E-state index contributed by atoms with van der Waals surface area (Å²) < 4.78 is 1.86. The van der Waals surface area contributed by atoms with E-state index < -0.39 is 0 Å². The maximum absolute atomic E-state index is 12.2. The van der Waals surface area contributed by atoms with Gasteiger partial charge in [0.1, 0.15) is 0 Å². The Bertz CT molecular complexity index is 874. The van der Waals surface area contributed by atoms with Crippen molar-refractivity contribution in [3.63, 3.8) is 0 Å². The fourth-order valence-corrected chi connectivity index (χ4v) is 3.38. The average molecular weight is 366 g/mol. The number of aromatic nitrogens is 2. The SMILES string of the molecule is Cc1ccc(SCC(=O)Nc2cnn(CCc3ccccc3)c2)cc1C. The van der Waals surface area contributed by atoms with Crippen LogP contribution in [0.2, 0.25) is 0 Å². The highest BCUT2D eigenvalue weighted by Crippen LogP contribution is 2.21. The van der Waals surface area contributed by atoms with Crippen molar-refractivity contribution >= 4 is 23.4 Å². The van der Waals surface area contributed by atoms with Crippen LogP contribution in [0.1, 0.15) is 16.7 Å². The summed E-state index contributed by atoms with van der Waals surface area (Å²) in [4.78, 5) is 13.3.